The molecule has 1 atom stereocenters. The molecule has 3 N–H and O–H groups in total. The molecule has 0 fully saturated rings. The maximum Gasteiger partial charge on any atom is 0.225 e. The minimum atomic E-state index is -0.0606. The number of hydrogen-bond donors (Lipinski definition) is 2. The maximum atomic E-state index is 11.3. The topological polar surface area (TPSA) is 64.3 Å². The highest BCUT2D eigenvalue weighted by Crippen LogP contribution is 1.96. The van der Waals surface area contributed by atoms with Crippen LogP contribution in [0.4, 0.5) is 0 Å². The quantitative estimate of drug-likeness (QED) is 0.564. The first-order chi connectivity index (χ1) is 6.72. The van der Waals surface area contributed by atoms with Crippen molar-refractivity contribution >= 4 is 5.91 Å². The Labute approximate surface area is 86.2 Å². The number of carbonyl (C=O) groups excluding carboxylic acids is 1. The van der Waals surface area contributed by atoms with Crippen molar-refractivity contribution in [3.63, 3.8) is 0 Å². The smallest absolute Gasteiger partial charge is 0.225 e. The molecular weight excluding hydrogens is 180 g/mol. The van der Waals surface area contributed by atoms with Crippen molar-refractivity contribution in [2.75, 3.05) is 26.8 Å². The number of unbranched alkanes of at least 4 members (excludes halogenated alkanes) is 2. The first-order valence-corrected chi connectivity index (χ1v) is 5.19. The van der Waals surface area contributed by atoms with Gasteiger partial charge in [0.05, 0.1) is 12.5 Å². The van der Waals surface area contributed by atoms with Crippen LogP contribution in [0, 0.1) is 5.92 Å². The van der Waals surface area contributed by atoms with Crippen LogP contribution < -0.4 is 11.1 Å². The maximum absolute atomic E-state index is 11.3. The summed E-state index contributed by atoms with van der Waals surface area (Å²) < 4.78 is 4.89. The predicted molar refractivity (Wildman–Crippen MR) is 57.0 cm³/mol. The number of rotatable bonds is 8. The fourth-order valence-corrected chi connectivity index (χ4v) is 1.16. The molecule has 0 spiro atoms. The van der Waals surface area contributed by atoms with Gasteiger partial charge in [0.15, 0.2) is 0 Å². The van der Waals surface area contributed by atoms with Crippen LogP contribution in [0.15, 0.2) is 0 Å². The summed E-state index contributed by atoms with van der Waals surface area (Å²) in [5.41, 5.74) is 5.35. The third-order valence-corrected chi connectivity index (χ3v) is 2.04. The lowest BCUT2D eigenvalue weighted by molar-refractivity contribution is -0.125. The van der Waals surface area contributed by atoms with Gasteiger partial charge in [0.25, 0.3) is 0 Å². The Morgan fingerprint density at radius 1 is 1.43 bits per heavy atom. The number of carbonyl (C=O) groups is 1. The van der Waals surface area contributed by atoms with Gasteiger partial charge < -0.3 is 15.8 Å². The summed E-state index contributed by atoms with van der Waals surface area (Å²) in [6.45, 7) is 3.81. The number of nitrogens with one attached hydrogen (secondary N) is 1. The van der Waals surface area contributed by atoms with Crippen molar-refractivity contribution in [2.45, 2.75) is 26.2 Å². The predicted octanol–water partition coefficient (Wildman–Crippen LogP) is 0.514. The summed E-state index contributed by atoms with van der Waals surface area (Å²) in [7, 11) is 1.60. The Kier molecular flexibility index (Phi) is 8.57. The molecule has 0 heterocycles. The molecule has 84 valence electrons. The first-order valence-electron chi connectivity index (χ1n) is 5.19. The Balaban J connectivity index is 3.34. The number of amides is 1. The van der Waals surface area contributed by atoms with Gasteiger partial charge in [-0.2, -0.15) is 0 Å². The second kappa shape index (κ2) is 8.97. The zero-order valence-corrected chi connectivity index (χ0v) is 9.21. The average Bonchev–Trinajstić information content (AvgIpc) is 2.17. The molecule has 4 heteroatoms. The molecule has 0 aliphatic heterocycles. The van der Waals surface area contributed by atoms with Crippen LogP contribution in [0.5, 0.6) is 0 Å². The molecular formula is C10H22N2O2. The van der Waals surface area contributed by atoms with Gasteiger partial charge >= 0.3 is 0 Å². The van der Waals surface area contributed by atoms with Gasteiger partial charge in [-0.15, -0.1) is 0 Å². The second-order valence-corrected chi connectivity index (χ2v) is 3.50. The Morgan fingerprint density at radius 2 is 2.14 bits per heavy atom. The van der Waals surface area contributed by atoms with E-state index in [1.807, 2.05) is 6.92 Å². The zero-order chi connectivity index (χ0) is 10.8. The molecule has 0 unspecified atom stereocenters. The molecule has 0 radical (unpaired) electrons. The molecule has 0 rings (SSSR count). The van der Waals surface area contributed by atoms with E-state index in [0.717, 1.165) is 32.4 Å². The third-order valence-electron chi connectivity index (χ3n) is 2.04. The van der Waals surface area contributed by atoms with Gasteiger partial charge in [-0.05, 0) is 19.4 Å². The second-order valence-electron chi connectivity index (χ2n) is 3.50. The van der Waals surface area contributed by atoms with Gasteiger partial charge in [0, 0.05) is 13.7 Å². The summed E-state index contributed by atoms with van der Waals surface area (Å²) in [5.74, 6) is 0.00843. The highest BCUT2D eigenvalue weighted by molar-refractivity contribution is 5.78. The van der Waals surface area contributed by atoms with Crippen LogP contribution in [0.25, 0.3) is 0 Å². The van der Waals surface area contributed by atoms with E-state index in [0.29, 0.717) is 6.61 Å². The third kappa shape index (κ3) is 6.86. The first kappa shape index (κ1) is 13.4. The highest BCUT2D eigenvalue weighted by Gasteiger charge is 2.10. The molecule has 0 aliphatic rings. The van der Waals surface area contributed by atoms with Crippen LogP contribution in [0.1, 0.15) is 26.2 Å². The summed E-state index contributed by atoms with van der Waals surface area (Å²) in [4.78, 5) is 11.3. The summed E-state index contributed by atoms with van der Waals surface area (Å²) in [5, 5.41) is 2.87. The fourth-order valence-electron chi connectivity index (χ4n) is 1.16. The van der Waals surface area contributed by atoms with Crippen molar-refractivity contribution in [2.24, 2.45) is 11.7 Å². The molecule has 0 saturated heterocycles. The van der Waals surface area contributed by atoms with Crippen LogP contribution >= 0.6 is 0 Å². The van der Waals surface area contributed by atoms with Crippen molar-refractivity contribution < 1.29 is 9.53 Å². The van der Waals surface area contributed by atoms with E-state index < -0.39 is 0 Å². The van der Waals surface area contributed by atoms with E-state index in [-0.39, 0.29) is 11.8 Å². The van der Waals surface area contributed by atoms with Crippen LogP contribution in [-0.2, 0) is 9.53 Å². The van der Waals surface area contributed by atoms with Crippen LogP contribution in [0.2, 0.25) is 0 Å². The van der Waals surface area contributed by atoms with Gasteiger partial charge in [0.1, 0.15) is 0 Å². The van der Waals surface area contributed by atoms with E-state index in [9.17, 15) is 4.79 Å². The molecule has 0 aromatic carbocycles. The molecule has 1 amide bonds. The Bertz CT molecular complexity index is 151. The summed E-state index contributed by atoms with van der Waals surface area (Å²) in [6, 6.07) is 0. The number of nitrogens with two attached hydrogens (primary N) is 1. The summed E-state index contributed by atoms with van der Waals surface area (Å²) in [6.07, 6.45) is 3.11. The van der Waals surface area contributed by atoms with E-state index >= 15 is 0 Å². The molecule has 0 aromatic rings. The van der Waals surface area contributed by atoms with Gasteiger partial charge in [-0.1, -0.05) is 13.3 Å². The average molecular weight is 202 g/mol. The lowest BCUT2D eigenvalue weighted by Gasteiger charge is -2.10. The number of ether oxygens (including phenoxy) is 1. The van der Waals surface area contributed by atoms with Crippen LogP contribution in [0.3, 0.4) is 0 Å². The van der Waals surface area contributed by atoms with E-state index in [1.54, 1.807) is 7.11 Å². The van der Waals surface area contributed by atoms with E-state index in [2.05, 4.69) is 5.32 Å². The molecule has 0 aliphatic carbocycles. The minimum absolute atomic E-state index is 0.0606. The summed E-state index contributed by atoms with van der Waals surface area (Å²) >= 11 is 0. The lowest BCUT2D eigenvalue weighted by Crippen LogP contribution is -2.32. The highest BCUT2D eigenvalue weighted by atomic mass is 16.5. The van der Waals surface area contributed by atoms with Crippen molar-refractivity contribution in [3.05, 3.63) is 0 Å². The molecule has 0 saturated carbocycles. The van der Waals surface area contributed by atoms with E-state index in [4.69, 9.17) is 10.5 Å². The molecule has 14 heavy (non-hydrogen) atoms. The number of hydrogen-bond acceptors (Lipinski definition) is 3. The molecule has 0 bridgehead atoms. The zero-order valence-electron chi connectivity index (χ0n) is 9.21. The van der Waals surface area contributed by atoms with Crippen LogP contribution in [-0.4, -0.2) is 32.7 Å². The number of methoxy groups -OCH3 is 1. The largest absolute Gasteiger partial charge is 0.384 e. The molecule has 0 aromatic heterocycles. The van der Waals surface area contributed by atoms with Crippen molar-refractivity contribution in [1.29, 1.82) is 0 Å². The fraction of sp³-hybridized carbons (Fsp3) is 0.900. The van der Waals surface area contributed by atoms with Crippen molar-refractivity contribution in [3.8, 4) is 0 Å². The minimum Gasteiger partial charge on any atom is -0.384 e. The standard InChI is InChI=1S/C10H22N2O2/c1-9(8-14-2)10(13)12-7-5-3-4-6-11/h9H,3-8,11H2,1-2H3,(H,12,13)/t9-/m0/s1. The Hall–Kier alpha value is -0.610. The Morgan fingerprint density at radius 3 is 2.71 bits per heavy atom. The van der Waals surface area contributed by atoms with Gasteiger partial charge in [-0.3, -0.25) is 4.79 Å². The van der Waals surface area contributed by atoms with Gasteiger partial charge in [0.2, 0.25) is 5.91 Å². The van der Waals surface area contributed by atoms with E-state index in [1.165, 1.54) is 0 Å². The molecule has 4 nitrogen and oxygen atoms in total. The SMILES string of the molecule is COC[C@H](C)C(=O)NCCCCCN. The monoisotopic (exact) mass is 202 g/mol. The van der Waals surface area contributed by atoms with Gasteiger partial charge in [-0.25, -0.2) is 0 Å². The lowest BCUT2D eigenvalue weighted by atomic mass is 10.2. The van der Waals surface area contributed by atoms with Crippen molar-refractivity contribution in [1.82, 2.24) is 5.32 Å². The normalized spacial score (nSPS) is 12.5.